The summed E-state index contributed by atoms with van der Waals surface area (Å²) in [5, 5.41) is 7.39. The molecule has 1 aliphatic carbocycles. The first kappa shape index (κ1) is 24.0. The van der Waals surface area contributed by atoms with Crippen LogP contribution in [0.25, 0.3) is 0 Å². The van der Waals surface area contributed by atoms with Crippen molar-refractivity contribution in [3.05, 3.63) is 82.3 Å². The zero-order valence-electron chi connectivity index (χ0n) is 19.6. The van der Waals surface area contributed by atoms with Crippen LogP contribution in [0.5, 0.6) is 0 Å². The van der Waals surface area contributed by atoms with Crippen molar-refractivity contribution >= 4 is 17.6 Å². The van der Waals surface area contributed by atoms with E-state index in [1.807, 2.05) is 18.5 Å². The molecule has 2 atom stereocenters. The quantitative estimate of drug-likeness (QED) is 0.503. The number of aromatic nitrogens is 2. The molecule has 0 saturated heterocycles. The number of aryl methyl sites for hydroxylation is 1. The molecule has 1 N–H and O–H groups in total. The van der Waals surface area contributed by atoms with Crippen LogP contribution in [0.4, 0.5) is 23.4 Å². The van der Waals surface area contributed by atoms with Crippen LogP contribution in [0.2, 0.25) is 0 Å². The highest BCUT2D eigenvalue weighted by Gasteiger charge is 2.47. The van der Waals surface area contributed by atoms with Gasteiger partial charge in [-0.25, -0.2) is 9.07 Å². The highest BCUT2D eigenvalue weighted by atomic mass is 19.4. The minimum Gasteiger partial charge on any atom is -0.339 e. The number of nitrogens with zero attached hydrogens (tertiary/aromatic N) is 3. The normalized spacial score (nSPS) is 19.8. The monoisotopic (exact) mass is 500 g/mol. The molecule has 2 aromatic carbocycles. The van der Waals surface area contributed by atoms with Crippen LogP contribution in [-0.4, -0.2) is 34.2 Å². The average Bonchev–Trinajstić information content (AvgIpc) is 3.63. The van der Waals surface area contributed by atoms with E-state index < -0.39 is 41.3 Å². The van der Waals surface area contributed by atoms with Gasteiger partial charge in [-0.3, -0.25) is 14.5 Å². The zero-order valence-corrected chi connectivity index (χ0v) is 19.6. The van der Waals surface area contributed by atoms with E-state index in [4.69, 9.17) is 5.10 Å². The van der Waals surface area contributed by atoms with Gasteiger partial charge < -0.3 is 5.32 Å². The van der Waals surface area contributed by atoms with Crippen LogP contribution in [0.3, 0.4) is 0 Å². The number of carbonyl (C=O) groups is 2. The number of alkyl halides is 3. The van der Waals surface area contributed by atoms with Crippen LogP contribution in [0, 0.1) is 12.7 Å². The van der Waals surface area contributed by atoms with Gasteiger partial charge in [0, 0.05) is 23.6 Å². The Bertz CT molecular complexity index is 1330. The van der Waals surface area contributed by atoms with Crippen molar-refractivity contribution < 1.29 is 27.2 Å². The molecule has 0 radical (unpaired) electrons. The second-order valence-corrected chi connectivity index (χ2v) is 9.14. The summed E-state index contributed by atoms with van der Waals surface area (Å²) in [6, 6.07) is 8.77. The lowest BCUT2D eigenvalue weighted by Crippen LogP contribution is -2.55. The smallest absolute Gasteiger partial charge is 0.339 e. The molecule has 1 saturated carbocycles. The van der Waals surface area contributed by atoms with Gasteiger partial charge in [0.2, 0.25) is 0 Å². The van der Waals surface area contributed by atoms with Crippen molar-refractivity contribution in [2.45, 2.75) is 50.9 Å². The van der Waals surface area contributed by atoms with E-state index in [0.29, 0.717) is 23.6 Å². The van der Waals surface area contributed by atoms with Crippen molar-refractivity contribution in [2.24, 2.45) is 0 Å². The predicted octanol–water partition coefficient (Wildman–Crippen LogP) is 4.98. The number of likely N-dealkylation sites (N-methyl/N-ethyl adjacent to an activating group) is 1. The molecular weight excluding hydrogens is 476 g/mol. The summed E-state index contributed by atoms with van der Waals surface area (Å²) < 4.78 is 55.2. The molecule has 188 valence electrons. The van der Waals surface area contributed by atoms with Gasteiger partial charge >= 0.3 is 6.18 Å². The molecule has 3 aromatic rings. The Morgan fingerprint density at radius 1 is 1.14 bits per heavy atom. The lowest BCUT2D eigenvalue weighted by Gasteiger charge is -2.38. The summed E-state index contributed by atoms with van der Waals surface area (Å²) in [7, 11) is 0. The Balaban J connectivity index is 1.60. The number of carbonyl (C=O) groups excluding carboxylic acids is 2. The van der Waals surface area contributed by atoms with Gasteiger partial charge in [0.25, 0.3) is 11.8 Å². The molecular formula is C26H24F4N4O2. The zero-order chi connectivity index (χ0) is 25.8. The predicted molar refractivity (Wildman–Crippen MR) is 124 cm³/mol. The summed E-state index contributed by atoms with van der Waals surface area (Å²) in [5.41, 5.74) is 0.836. The topological polar surface area (TPSA) is 67.2 Å². The number of rotatable bonds is 5. The summed E-state index contributed by atoms with van der Waals surface area (Å²) in [6.07, 6.45) is -2.73. The third kappa shape index (κ3) is 4.14. The van der Waals surface area contributed by atoms with Gasteiger partial charge in [-0.2, -0.15) is 18.3 Å². The number of hydrogen-bond donors (Lipinski definition) is 1. The van der Waals surface area contributed by atoms with Crippen molar-refractivity contribution in [3.8, 4) is 0 Å². The second kappa shape index (κ2) is 8.76. The molecule has 0 spiro atoms. The second-order valence-electron chi connectivity index (χ2n) is 9.14. The fraction of sp³-hybridized carbons (Fsp3) is 0.346. The third-order valence-electron chi connectivity index (χ3n) is 6.71. The molecule has 10 heteroatoms. The molecule has 0 unspecified atom stereocenters. The first-order chi connectivity index (χ1) is 17.1. The number of anilines is 1. The average molecular weight is 500 g/mol. The van der Waals surface area contributed by atoms with E-state index >= 15 is 0 Å². The van der Waals surface area contributed by atoms with Crippen molar-refractivity contribution in [2.75, 3.05) is 11.4 Å². The van der Waals surface area contributed by atoms with E-state index in [1.165, 1.54) is 18.2 Å². The number of benzene rings is 2. The van der Waals surface area contributed by atoms with E-state index in [-0.39, 0.29) is 11.6 Å². The molecule has 1 aromatic heterocycles. The number of amides is 2. The van der Waals surface area contributed by atoms with Gasteiger partial charge in [-0.05, 0) is 62.6 Å². The highest BCUT2D eigenvalue weighted by Crippen LogP contribution is 2.47. The number of fused-ring (bicyclic) bond motifs is 1. The standard InChI is InChI=1S/C26H24F4N4O2/c1-3-33-24-20(14(2)32-34(24)19-11-12-19)21(15-7-9-18(27)10-8-15)22(25(33)36)31-23(35)16-5-4-6-17(13-16)26(28,29)30/h4-10,13,19,21-22H,3,11-12H2,1-2H3,(H,31,35)/t21-,22-/m0/s1. The maximum Gasteiger partial charge on any atom is 0.416 e. The van der Waals surface area contributed by atoms with Gasteiger partial charge in [-0.1, -0.05) is 18.2 Å². The Kier molecular flexibility index (Phi) is 5.84. The lowest BCUT2D eigenvalue weighted by molar-refractivity contribution is -0.137. The molecule has 2 aliphatic rings. The summed E-state index contributed by atoms with van der Waals surface area (Å²) in [4.78, 5) is 28.5. The summed E-state index contributed by atoms with van der Waals surface area (Å²) in [6.45, 7) is 3.95. The molecule has 6 nitrogen and oxygen atoms in total. The Morgan fingerprint density at radius 3 is 2.44 bits per heavy atom. The van der Waals surface area contributed by atoms with Crippen LogP contribution < -0.4 is 10.2 Å². The van der Waals surface area contributed by atoms with E-state index in [9.17, 15) is 27.2 Å². The molecule has 36 heavy (non-hydrogen) atoms. The third-order valence-corrected chi connectivity index (χ3v) is 6.71. The Morgan fingerprint density at radius 2 is 1.83 bits per heavy atom. The van der Waals surface area contributed by atoms with Gasteiger partial charge in [-0.15, -0.1) is 0 Å². The van der Waals surface area contributed by atoms with Crippen molar-refractivity contribution in [1.82, 2.24) is 15.1 Å². The fourth-order valence-corrected chi connectivity index (χ4v) is 4.88. The lowest BCUT2D eigenvalue weighted by atomic mass is 9.81. The Hall–Kier alpha value is -3.69. The number of halogens is 4. The van der Waals surface area contributed by atoms with Crippen molar-refractivity contribution in [3.63, 3.8) is 0 Å². The van der Waals surface area contributed by atoms with Crippen LogP contribution in [0.15, 0.2) is 48.5 Å². The molecule has 2 amide bonds. The first-order valence-corrected chi connectivity index (χ1v) is 11.7. The SMILES string of the molecule is CCN1C(=O)[C@@H](NC(=O)c2cccc(C(F)(F)F)c2)[C@@H](c2ccc(F)cc2)c2c(C)nn(C3CC3)c21. The largest absolute Gasteiger partial charge is 0.416 e. The maximum absolute atomic E-state index is 13.8. The Labute approximate surface area is 204 Å². The van der Waals surface area contributed by atoms with Gasteiger partial charge in [0.15, 0.2) is 0 Å². The fourth-order valence-electron chi connectivity index (χ4n) is 4.88. The van der Waals surface area contributed by atoms with Crippen LogP contribution in [-0.2, 0) is 11.0 Å². The maximum atomic E-state index is 13.8. The number of nitrogens with one attached hydrogen (secondary N) is 1. The molecule has 1 fully saturated rings. The van der Waals surface area contributed by atoms with Gasteiger partial charge in [0.05, 0.1) is 17.3 Å². The van der Waals surface area contributed by atoms with E-state index in [2.05, 4.69) is 5.32 Å². The molecule has 1 aliphatic heterocycles. The van der Waals surface area contributed by atoms with E-state index in [0.717, 1.165) is 36.6 Å². The van der Waals surface area contributed by atoms with Crippen molar-refractivity contribution in [1.29, 1.82) is 0 Å². The summed E-state index contributed by atoms with van der Waals surface area (Å²) >= 11 is 0. The molecule has 2 heterocycles. The molecule has 0 bridgehead atoms. The molecule has 5 rings (SSSR count). The highest BCUT2D eigenvalue weighted by molar-refractivity contribution is 6.05. The minimum atomic E-state index is -4.62. The van der Waals surface area contributed by atoms with Gasteiger partial charge in [0.1, 0.15) is 17.7 Å². The first-order valence-electron chi connectivity index (χ1n) is 11.7. The number of hydrogen-bond acceptors (Lipinski definition) is 3. The minimum absolute atomic E-state index is 0.180. The van der Waals surface area contributed by atoms with Crippen LogP contribution >= 0.6 is 0 Å². The summed E-state index contributed by atoms with van der Waals surface area (Å²) in [5.74, 6) is -1.70. The van der Waals surface area contributed by atoms with E-state index in [1.54, 1.807) is 17.0 Å². The van der Waals surface area contributed by atoms with Crippen LogP contribution in [0.1, 0.15) is 64.5 Å².